The molecule has 0 saturated heterocycles. The molecule has 0 aliphatic heterocycles. The minimum Gasteiger partial charge on any atom is -0.439 e. The maximum atomic E-state index is 13.2. The van der Waals surface area contributed by atoms with Crippen LogP contribution in [0.5, 0.6) is 11.6 Å². The van der Waals surface area contributed by atoms with Crippen molar-refractivity contribution in [1.29, 1.82) is 0 Å². The molecule has 2 rings (SSSR count). The number of nitrogens with one attached hydrogen (secondary N) is 1. The molecule has 0 unspecified atom stereocenters. The molecule has 1 aromatic carbocycles. The van der Waals surface area contributed by atoms with Gasteiger partial charge in [0.05, 0.1) is 9.50 Å². The molecule has 0 bridgehead atoms. The summed E-state index contributed by atoms with van der Waals surface area (Å²) < 4.78 is 19.1. The highest BCUT2D eigenvalue weighted by Crippen LogP contribution is 2.27. The van der Waals surface area contributed by atoms with Gasteiger partial charge >= 0.3 is 0 Å². The van der Waals surface area contributed by atoms with Crippen LogP contribution in [0.2, 0.25) is 5.02 Å². The summed E-state index contributed by atoms with van der Waals surface area (Å²) in [5.41, 5.74) is 0.902. The Hall–Kier alpha value is -1.17. The largest absolute Gasteiger partial charge is 0.439 e. The molecule has 1 aromatic heterocycles. The van der Waals surface area contributed by atoms with Crippen molar-refractivity contribution in [1.82, 2.24) is 10.3 Å². The zero-order valence-electron chi connectivity index (χ0n) is 10.8. The summed E-state index contributed by atoms with van der Waals surface area (Å²) in [5, 5.41) is 3.77. The third-order valence-corrected chi connectivity index (χ3v) is 3.54. The molecule has 106 valence electrons. The Morgan fingerprint density at radius 2 is 2.20 bits per heavy atom. The van der Waals surface area contributed by atoms with Gasteiger partial charge in [-0.15, -0.1) is 0 Å². The molecular formula is C14H13BrClFN2O. The molecule has 6 heteroatoms. The summed E-state index contributed by atoms with van der Waals surface area (Å²) in [6.45, 7) is 3.50. The van der Waals surface area contributed by atoms with Crippen LogP contribution < -0.4 is 10.1 Å². The molecule has 0 atom stereocenters. The normalized spacial score (nSPS) is 10.6. The van der Waals surface area contributed by atoms with Gasteiger partial charge in [0.25, 0.3) is 0 Å². The number of benzene rings is 1. The minimum atomic E-state index is -0.339. The van der Waals surface area contributed by atoms with E-state index in [4.69, 9.17) is 16.3 Å². The monoisotopic (exact) mass is 358 g/mol. The average molecular weight is 360 g/mol. The average Bonchev–Trinajstić information content (AvgIpc) is 2.43. The zero-order chi connectivity index (χ0) is 14.5. The molecular weight excluding hydrogens is 347 g/mol. The molecule has 2 aromatic rings. The van der Waals surface area contributed by atoms with Gasteiger partial charge in [-0.1, -0.05) is 18.5 Å². The fraction of sp³-hybridized carbons (Fsp3) is 0.214. The third-order valence-electron chi connectivity index (χ3n) is 2.59. The van der Waals surface area contributed by atoms with Gasteiger partial charge in [0.15, 0.2) is 0 Å². The summed E-state index contributed by atoms with van der Waals surface area (Å²) in [4.78, 5) is 4.10. The van der Waals surface area contributed by atoms with Crippen molar-refractivity contribution in [2.24, 2.45) is 0 Å². The predicted molar refractivity (Wildman–Crippen MR) is 80.8 cm³/mol. The number of nitrogens with zero attached hydrogens (tertiary/aromatic N) is 1. The number of pyridine rings is 1. The summed E-state index contributed by atoms with van der Waals surface area (Å²) >= 11 is 9.18. The maximum Gasteiger partial charge on any atom is 0.219 e. The van der Waals surface area contributed by atoms with Gasteiger partial charge in [-0.05, 0) is 46.2 Å². The molecule has 0 radical (unpaired) electrons. The molecule has 0 spiro atoms. The maximum absolute atomic E-state index is 13.2. The van der Waals surface area contributed by atoms with E-state index in [0.717, 1.165) is 12.1 Å². The van der Waals surface area contributed by atoms with Crippen molar-refractivity contribution in [3.8, 4) is 11.6 Å². The lowest BCUT2D eigenvalue weighted by molar-refractivity contribution is 0.459. The quantitative estimate of drug-likeness (QED) is 0.851. The van der Waals surface area contributed by atoms with Crippen LogP contribution >= 0.6 is 27.5 Å². The Morgan fingerprint density at radius 3 is 2.90 bits per heavy atom. The first-order chi connectivity index (χ1) is 9.60. The highest BCUT2D eigenvalue weighted by molar-refractivity contribution is 9.10. The van der Waals surface area contributed by atoms with Crippen LogP contribution in [-0.4, -0.2) is 11.5 Å². The first-order valence-electron chi connectivity index (χ1n) is 6.08. The lowest BCUT2D eigenvalue weighted by atomic mass is 10.2. The second-order valence-corrected chi connectivity index (χ2v) is 5.33. The molecule has 0 aliphatic rings. The Bertz CT molecular complexity index is 610. The fourth-order valence-corrected chi connectivity index (χ4v) is 2.10. The van der Waals surface area contributed by atoms with E-state index in [2.05, 4.69) is 26.2 Å². The van der Waals surface area contributed by atoms with Crippen molar-refractivity contribution in [3.05, 3.63) is 51.3 Å². The van der Waals surface area contributed by atoms with Crippen molar-refractivity contribution in [2.45, 2.75) is 13.5 Å². The number of rotatable bonds is 5. The van der Waals surface area contributed by atoms with E-state index in [1.54, 1.807) is 24.4 Å². The summed E-state index contributed by atoms with van der Waals surface area (Å²) in [7, 11) is 0. The van der Waals surface area contributed by atoms with E-state index >= 15 is 0 Å². The van der Waals surface area contributed by atoms with E-state index < -0.39 is 0 Å². The zero-order valence-corrected chi connectivity index (χ0v) is 13.1. The number of halogens is 3. The molecule has 1 heterocycles. The number of aromatic nitrogens is 1. The van der Waals surface area contributed by atoms with Gasteiger partial charge in [0.2, 0.25) is 5.88 Å². The summed E-state index contributed by atoms with van der Waals surface area (Å²) in [6.07, 6.45) is 1.54. The van der Waals surface area contributed by atoms with E-state index in [1.165, 1.54) is 6.07 Å². The summed E-state index contributed by atoms with van der Waals surface area (Å²) in [5.74, 6) is 0.581. The van der Waals surface area contributed by atoms with Crippen LogP contribution in [0.4, 0.5) is 4.39 Å². The SMILES string of the molecule is CCNCc1cc(Oc2ccc(F)c(Br)c2)ncc1Cl. The highest BCUT2D eigenvalue weighted by atomic mass is 79.9. The van der Waals surface area contributed by atoms with Crippen LogP contribution in [0.25, 0.3) is 0 Å². The first kappa shape index (κ1) is 15.2. The minimum absolute atomic E-state index is 0.339. The lowest BCUT2D eigenvalue weighted by Crippen LogP contribution is -2.12. The van der Waals surface area contributed by atoms with Crippen molar-refractivity contribution >= 4 is 27.5 Å². The van der Waals surface area contributed by atoms with Gasteiger partial charge in [0, 0.05) is 18.8 Å². The standard InChI is InChI=1S/C14H13BrClFN2O/c1-2-18-7-9-5-14(19-8-12(9)16)20-10-3-4-13(17)11(15)6-10/h3-6,8,18H,2,7H2,1H3. The van der Waals surface area contributed by atoms with E-state index in [9.17, 15) is 4.39 Å². The third kappa shape index (κ3) is 3.91. The smallest absolute Gasteiger partial charge is 0.219 e. The fourth-order valence-electron chi connectivity index (χ4n) is 1.57. The van der Waals surface area contributed by atoms with Gasteiger partial charge in [0.1, 0.15) is 11.6 Å². The number of ether oxygens (including phenoxy) is 1. The van der Waals surface area contributed by atoms with Crippen molar-refractivity contribution in [3.63, 3.8) is 0 Å². The second-order valence-electron chi connectivity index (χ2n) is 4.07. The second kappa shape index (κ2) is 7.02. The molecule has 3 nitrogen and oxygen atoms in total. The van der Waals surface area contributed by atoms with Crippen LogP contribution in [0.15, 0.2) is 34.9 Å². The van der Waals surface area contributed by atoms with Crippen LogP contribution in [0.3, 0.4) is 0 Å². The topological polar surface area (TPSA) is 34.1 Å². The van der Waals surface area contributed by atoms with Gasteiger partial charge in [-0.25, -0.2) is 9.37 Å². The molecule has 1 N–H and O–H groups in total. The van der Waals surface area contributed by atoms with Gasteiger partial charge < -0.3 is 10.1 Å². The molecule has 0 fully saturated rings. The van der Waals surface area contributed by atoms with Crippen molar-refractivity contribution < 1.29 is 9.13 Å². The molecule has 0 aliphatic carbocycles. The molecule has 20 heavy (non-hydrogen) atoms. The number of hydrogen-bond donors (Lipinski definition) is 1. The summed E-state index contributed by atoms with van der Waals surface area (Å²) in [6, 6.07) is 6.19. The van der Waals surface area contributed by atoms with E-state index in [1.807, 2.05) is 6.92 Å². The Kier molecular flexibility index (Phi) is 5.34. The van der Waals surface area contributed by atoms with Gasteiger partial charge in [-0.3, -0.25) is 0 Å². The predicted octanol–water partition coefficient (Wildman–Crippen LogP) is 4.54. The lowest BCUT2D eigenvalue weighted by Gasteiger charge is -2.09. The Morgan fingerprint density at radius 1 is 1.40 bits per heavy atom. The van der Waals surface area contributed by atoms with E-state index in [0.29, 0.717) is 27.7 Å². The molecule has 0 amide bonds. The number of hydrogen-bond acceptors (Lipinski definition) is 3. The highest BCUT2D eigenvalue weighted by Gasteiger charge is 2.07. The molecule has 0 saturated carbocycles. The van der Waals surface area contributed by atoms with Crippen LogP contribution in [-0.2, 0) is 6.54 Å². The van der Waals surface area contributed by atoms with Crippen LogP contribution in [0, 0.1) is 5.82 Å². The first-order valence-corrected chi connectivity index (χ1v) is 7.25. The van der Waals surface area contributed by atoms with E-state index in [-0.39, 0.29) is 5.82 Å². The van der Waals surface area contributed by atoms with Crippen LogP contribution in [0.1, 0.15) is 12.5 Å². The van der Waals surface area contributed by atoms with Gasteiger partial charge in [-0.2, -0.15) is 0 Å². The Balaban J connectivity index is 2.18. The Labute approximate surface area is 130 Å². The van der Waals surface area contributed by atoms with Crippen molar-refractivity contribution in [2.75, 3.05) is 6.54 Å².